The molecule has 6 rings (SSSR count). The summed E-state index contributed by atoms with van der Waals surface area (Å²) < 4.78 is 7.65. The van der Waals surface area contributed by atoms with Gasteiger partial charge in [-0.25, -0.2) is 24.2 Å². The Morgan fingerprint density at radius 1 is 1.05 bits per heavy atom. The molecular formula is C31H33N7O6. The summed E-state index contributed by atoms with van der Waals surface area (Å²) in [5.41, 5.74) is 10.4. The normalized spacial score (nSPS) is 17.9. The molecule has 2 aliphatic rings. The summed E-state index contributed by atoms with van der Waals surface area (Å²) in [6.45, 7) is 1.88. The van der Waals surface area contributed by atoms with Crippen LogP contribution in [0.3, 0.4) is 0 Å². The second kappa shape index (κ2) is 13.3. The van der Waals surface area contributed by atoms with Crippen molar-refractivity contribution in [3.63, 3.8) is 0 Å². The summed E-state index contributed by atoms with van der Waals surface area (Å²) in [4.78, 5) is 40.8. The van der Waals surface area contributed by atoms with Crippen LogP contribution in [0.2, 0.25) is 0 Å². The number of anilines is 2. The number of nitrogens with one attached hydrogen (secondary N) is 2. The number of ether oxygens (including phenoxy) is 1. The van der Waals surface area contributed by atoms with E-state index in [1.165, 1.54) is 11.9 Å². The lowest BCUT2D eigenvalue weighted by Crippen LogP contribution is -2.30. The first-order valence-electron chi connectivity index (χ1n) is 14.1. The summed E-state index contributed by atoms with van der Waals surface area (Å²) in [7, 11) is 1.60. The molecule has 228 valence electrons. The molecule has 44 heavy (non-hydrogen) atoms. The van der Waals surface area contributed by atoms with E-state index in [2.05, 4.69) is 32.7 Å². The molecule has 0 radical (unpaired) electrons. The number of carbonyl (C=O) groups is 3. The van der Waals surface area contributed by atoms with Gasteiger partial charge in [0.1, 0.15) is 23.6 Å². The van der Waals surface area contributed by atoms with Crippen LogP contribution in [0.4, 0.5) is 11.5 Å². The zero-order chi connectivity index (χ0) is 31.2. The topological polar surface area (TPSA) is 195 Å². The van der Waals surface area contributed by atoms with Gasteiger partial charge in [-0.1, -0.05) is 36.4 Å². The fourth-order valence-corrected chi connectivity index (χ4v) is 5.37. The zero-order valence-corrected chi connectivity index (χ0v) is 24.0. The Bertz CT molecular complexity index is 1680. The number of carboxylic acid groups (broad SMARTS) is 2. The minimum atomic E-state index is -1.26. The van der Waals surface area contributed by atoms with Crippen LogP contribution >= 0.6 is 0 Å². The number of nitrogen functional groups attached to an aromatic ring is 1. The van der Waals surface area contributed by atoms with Crippen LogP contribution in [0, 0.1) is 5.92 Å². The molecule has 2 aromatic heterocycles. The Hall–Kier alpha value is -5.30. The van der Waals surface area contributed by atoms with Gasteiger partial charge in [0.2, 0.25) is 5.91 Å². The van der Waals surface area contributed by atoms with E-state index in [0.717, 1.165) is 48.9 Å². The van der Waals surface area contributed by atoms with Gasteiger partial charge in [-0.05, 0) is 56.0 Å². The van der Waals surface area contributed by atoms with Gasteiger partial charge in [-0.15, -0.1) is 0 Å². The predicted molar refractivity (Wildman–Crippen MR) is 163 cm³/mol. The molecule has 13 heteroatoms. The maximum absolute atomic E-state index is 13.0. The molecule has 0 bridgehead atoms. The lowest BCUT2D eigenvalue weighted by atomic mass is 10.1. The minimum Gasteiger partial charge on any atom is -0.495 e. The summed E-state index contributed by atoms with van der Waals surface area (Å²) >= 11 is 0. The summed E-state index contributed by atoms with van der Waals surface area (Å²) in [5.74, 6) is -1.30. The standard InChI is InChI=1S/C27H29N7O2.C4H4O4/c1-36-22-13-17(7-8-21(22)32-27(35)20-14-19(20)16-5-3-2-4-6-16)24-23-25(28)30-15-31-26(23)34(33-24)18-9-11-29-12-10-18;5-3(6)1-2-4(7)8/h2-8,13,15,18-20,29H,9-12,14H2,1H3,(H,32,35)(H2,28,30,31);1-2H,(H,5,6)(H,7,8). The van der Waals surface area contributed by atoms with E-state index >= 15 is 0 Å². The first-order valence-corrected chi connectivity index (χ1v) is 14.1. The maximum atomic E-state index is 13.0. The largest absolute Gasteiger partial charge is 0.495 e. The number of fused-ring (bicyclic) bond motifs is 1. The van der Waals surface area contributed by atoms with Crippen molar-refractivity contribution in [3.8, 4) is 17.0 Å². The quantitative estimate of drug-likeness (QED) is 0.186. The van der Waals surface area contributed by atoms with Crippen molar-refractivity contribution in [2.75, 3.05) is 31.2 Å². The van der Waals surface area contributed by atoms with Crippen LogP contribution < -0.4 is 21.1 Å². The van der Waals surface area contributed by atoms with Gasteiger partial charge in [0.25, 0.3) is 0 Å². The van der Waals surface area contributed by atoms with E-state index in [-0.39, 0.29) is 23.8 Å². The summed E-state index contributed by atoms with van der Waals surface area (Å²) in [5, 5.41) is 27.8. The number of aromatic nitrogens is 4. The van der Waals surface area contributed by atoms with Crippen LogP contribution in [0.15, 0.2) is 67.0 Å². The second-order valence-corrected chi connectivity index (χ2v) is 10.5. The number of hydrogen-bond donors (Lipinski definition) is 5. The molecule has 3 heterocycles. The smallest absolute Gasteiger partial charge is 0.328 e. The highest BCUT2D eigenvalue weighted by atomic mass is 16.5. The molecule has 2 fully saturated rings. The van der Waals surface area contributed by atoms with Crippen molar-refractivity contribution < 1.29 is 29.3 Å². The maximum Gasteiger partial charge on any atom is 0.328 e. The average Bonchev–Trinajstić information content (AvgIpc) is 3.75. The Morgan fingerprint density at radius 2 is 1.75 bits per heavy atom. The number of carbonyl (C=O) groups excluding carboxylic acids is 1. The van der Waals surface area contributed by atoms with Gasteiger partial charge in [0, 0.05) is 23.6 Å². The Labute approximate surface area is 252 Å². The lowest BCUT2D eigenvalue weighted by Gasteiger charge is -2.23. The second-order valence-electron chi connectivity index (χ2n) is 10.5. The average molecular weight is 600 g/mol. The molecule has 1 aliphatic carbocycles. The molecule has 4 aromatic rings. The predicted octanol–water partition coefficient (Wildman–Crippen LogP) is 3.46. The third-order valence-corrected chi connectivity index (χ3v) is 7.63. The fourth-order valence-electron chi connectivity index (χ4n) is 5.37. The van der Waals surface area contributed by atoms with Crippen LogP contribution in [-0.4, -0.2) is 68.0 Å². The van der Waals surface area contributed by atoms with E-state index < -0.39 is 11.9 Å². The van der Waals surface area contributed by atoms with Crippen molar-refractivity contribution in [1.29, 1.82) is 0 Å². The van der Waals surface area contributed by atoms with Crippen molar-refractivity contribution in [1.82, 2.24) is 25.1 Å². The van der Waals surface area contributed by atoms with E-state index in [9.17, 15) is 14.4 Å². The van der Waals surface area contributed by atoms with E-state index in [1.807, 2.05) is 41.1 Å². The molecule has 1 amide bonds. The number of nitrogens with zero attached hydrogens (tertiary/aromatic N) is 4. The highest BCUT2D eigenvalue weighted by molar-refractivity contribution is 6.00. The van der Waals surface area contributed by atoms with Crippen LogP contribution in [-0.2, 0) is 14.4 Å². The minimum absolute atomic E-state index is 0.00758. The van der Waals surface area contributed by atoms with E-state index in [1.54, 1.807) is 7.11 Å². The molecule has 1 saturated heterocycles. The highest BCUT2D eigenvalue weighted by Gasteiger charge is 2.44. The first-order chi connectivity index (χ1) is 21.3. The highest BCUT2D eigenvalue weighted by Crippen LogP contribution is 2.48. The van der Waals surface area contributed by atoms with Gasteiger partial charge in [-0.2, -0.15) is 5.10 Å². The lowest BCUT2D eigenvalue weighted by molar-refractivity contribution is -0.134. The Morgan fingerprint density at radius 3 is 2.41 bits per heavy atom. The first kappa shape index (κ1) is 30.2. The number of carboxylic acids is 2. The SMILES string of the molecule is COc1cc(-c2nn(C3CCNCC3)c3ncnc(N)c23)ccc1NC(=O)C1CC1c1ccccc1.O=C(O)C=CC(=O)O. The molecule has 13 nitrogen and oxygen atoms in total. The van der Waals surface area contributed by atoms with Crippen LogP contribution in [0.25, 0.3) is 22.3 Å². The number of rotatable bonds is 8. The molecule has 1 aliphatic heterocycles. The number of aliphatic carboxylic acids is 2. The van der Waals surface area contributed by atoms with E-state index in [0.29, 0.717) is 35.1 Å². The molecule has 2 atom stereocenters. The Balaban J connectivity index is 0.000000426. The summed E-state index contributed by atoms with van der Waals surface area (Å²) in [6.07, 6.45) is 5.40. The third-order valence-electron chi connectivity index (χ3n) is 7.63. The van der Waals surface area contributed by atoms with Crippen LogP contribution in [0.5, 0.6) is 5.75 Å². The van der Waals surface area contributed by atoms with Gasteiger partial charge >= 0.3 is 11.9 Å². The van der Waals surface area contributed by atoms with Gasteiger partial charge in [0.15, 0.2) is 5.65 Å². The molecule has 6 N–H and O–H groups in total. The number of methoxy groups -OCH3 is 1. The number of benzene rings is 2. The molecular weight excluding hydrogens is 566 g/mol. The molecule has 1 saturated carbocycles. The number of nitrogens with two attached hydrogens (primary N) is 1. The number of hydrogen-bond acceptors (Lipinski definition) is 9. The number of piperidine rings is 1. The van der Waals surface area contributed by atoms with Gasteiger partial charge < -0.3 is 31.3 Å². The van der Waals surface area contributed by atoms with Crippen molar-refractivity contribution in [2.45, 2.75) is 31.2 Å². The monoisotopic (exact) mass is 599 g/mol. The Kier molecular flexibility index (Phi) is 9.15. The fraction of sp³-hybridized carbons (Fsp3) is 0.290. The molecule has 2 aromatic carbocycles. The van der Waals surface area contributed by atoms with Crippen molar-refractivity contribution in [3.05, 3.63) is 72.6 Å². The molecule has 2 unspecified atom stereocenters. The zero-order valence-electron chi connectivity index (χ0n) is 24.0. The number of amides is 1. The van der Waals surface area contributed by atoms with Crippen LogP contribution in [0.1, 0.15) is 36.8 Å². The van der Waals surface area contributed by atoms with Crippen molar-refractivity contribution in [2.24, 2.45) is 5.92 Å². The van der Waals surface area contributed by atoms with Gasteiger partial charge in [-0.3, -0.25) is 4.79 Å². The summed E-state index contributed by atoms with van der Waals surface area (Å²) in [6, 6.07) is 16.1. The van der Waals surface area contributed by atoms with E-state index in [4.69, 9.17) is 25.8 Å². The van der Waals surface area contributed by atoms with Crippen molar-refractivity contribution >= 4 is 40.4 Å². The third kappa shape index (κ3) is 6.84. The molecule has 0 spiro atoms. The van der Waals surface area contributed by atoms with Gasteiger partial charge in [0.05, 0.1) is 24.2 Å².